The van der Waals surface area contributed by atoms with E-state index in [0.29, 0.717) is 41.2 Å². The smallest absolute Gasteiger partial charge is 0.321 e. The number of carbonyl (C=O) groups is 2. The summed E-state index contributed by atoms with van der Waals surface area (Å²) in [5.74, 6) is 0.589. The number of likely N-dealkylation sites (N-methyl/N-ethyl adjacent to an activating group) is 1. The number of carbonyl (C=O) groups excluding carboxylic acids is 2. The fraction of sp³-hybridized carbons (Fsp3) is 0.333. The molecule has 2 aromatic rings. The monoisotopic (exact) mass is 401 g/mol. The molecule has 148 valence electrons. The number of benzene rings is 2. The molecule has 0 heterocycles. The van der Waals surface area contributed by atoms with Crippen LogP contribution in [0.1, 0.15) is 28.8 Å². The topological polar surface area (TPSA) is 70.7 Å². The van der Waals surface area contributed by atoms with Crippen LogP contribution in [0, 0.1) is 6.92 Å². The molecule has 6 nitrogen and oxygen atoms in total. The molecule has 1 aliphatic carbocycles. The Morgan fingerprint density at radius 3 is 2.57 bits per heavy atom. The van der Waals surface area contributed by atoms with E-state index in [-0.39, 0.29) is 11.9 Å². The van der Waals surface area contributed by atoms with E-state index in [1.165, 1.54) is 4.90 Å². The zero-order valence-electron chi connectivity index (χ0n) is 16.0. The molecule has 0 bridgehead atoms. The summed E-state index contributed by atoms with van der Waals surface area (Å²) in [4.78, 5) is 26.2. The first-order valence-corrected chi connectivity index (χ1v) is 9.62. The highest BCUT2D eigenvalue weighted by Crippen LogP contribution is 2.21. The van der Waals surface area contributed by atoms with Crippen LogP contribution in [-0.2, 0) is 0 Å². The normalized spacial score (nSPS) is 13.0. The van der Waals surface area contributed by atoms with E-state index >= 15 is 0 Å². The highest BCUT2D eigenvalue weighted by Gasteiger charge is 2.24. The number of aryl methyl sites for hydroxylation is 1. The molecule has 1 aliphatic rings. The molecule has 0 radical (unpaired) electrons. The van der Waals surface area contributed by atoms with Gasteiger partial charge in [-0.25, -0.2) is 4.79 Å². The highest BCUT2D eigenvalue weighted by molar-refractivity contribution is 6.30. The van der Waals surface area contributed by atoms with Crippen molar-refractivity contribution < 1.29 is 14.3 Å². The van der Waals surface area contributed by atoms with Crippen molar-refractivity contribution in [1.82, 2.24) is 10.2 Å². The number of halogens is 1. The Bertz CT molecular complexity index is 850. The maximum atomic E-state index is 12.5. The zero-order valence-corrected chi connectivity index (χ0v) is 16.8. The van der Waals surface area contributed by atoms with Crippen LogP contribution in [0.4, 0.5) is 10.5 Å². The van der Waals surface area contributed by atoms with Gasteiger partial charge >= 0.3 is 6.03 Å². The summed E-state index contributed by atoms with van der Waals surface area (Å²) in [6.45, 7) is 2.66. The van der Waals surface area contributed by atoms with Crippen LogP contribution in [0.5, 0.6) is 5.75 Å². The molecule has 0 spiro atoms. The number of nitrogens with zero attached hydrogens (tertiary/aromatic N) is 1. The first kappa shape index (κ1) is 20.0. The Balaban J connectivity index is 1.52. The second kappa shape index (κ2) is 8.97. The molecule has 0 aliphatic heterocycles. The van der Waals surface area contributed by atoms with E-state index in [1.54, 1.807) is 43.4 Å². The van der Waals surface area contributed by atoms with Gasteiger partial charge in [-0.15, -0.1) is 0 Å². The average Bonchev–Trinajstić information content (AvgIpc) is 3.48. The van der Waals surface area contributed by atoms with Gasteiger partial charge in [-0.3, -0.25) is 4.79 Å². The van der Waals surface area contributed by atoms with Gasteiger partial charge in [0.05, 0.1) is 6.54 Å². The number of hydrogen-bond donors (Lipinski definition) is 2. The Morgan fingerprint density at radius 1 is 1.18 bits per heavy atom. The minimum Gasteiger partial charge on any atom is -0.492 e. The predicted octanol–water partition coefficient (Wildman–Crippen LogP) is 4.08. The minimum atomic E-state index is -0.262. The van der Waals surface area contributed by atoms with Gasteiger partial charge in [0.25, 0.3) is 5.91 Å². The maximum Gasteiger partial charge on any atom is 0.321 e. The molecule has 7 heteroatoms. The quantitative estimate of drug-likeness (QED) is 0.734. The van der Waals surface area contributed by atoms with E-state index < -0.39 is 0 Å². The van der Waals surface area contributed by atoms with Crippen molar-refractivity contribution in [3.8, 4) is 5.75 Å². The molecule has 0 aromatic heterocycles. The number of amides is 3. The lowest BCUT2D eigenvalue weighted by Crippen LogP contribution is -2.34. The summed E-state index contributed by atoms with van der Waals surface area (Å²) in [6, 6.07) is 12.4. The first-order valence-electron chi connectivity index (χ1n) is 9.24. The Labute approximate surface area is 169 Å². The molecule has 1 fully saturated rings. The highest BCUT2D eigenvalue weighted by atomic mass is 35.5. The molecule has 2 N–H and O–H groups in total. The van der Waals surface area contributed by atoms with Gasteiger partial charge in [-0.2, -0.15) is 0 Å². The van der Waals surface area contributed by atoms with E-state index in [1.807, 2.05) is 13.0 Å². The number of nitrogens with one attached hydrogen (secondary N) is 2. The van der Waals surface area contributed by atoms with Crippen LogP contribution in [0.15, 0.2) is 42.5 Å². The van der Waals surface area contributed by atoms with Gasteiger partial charge in [-0.1, -0.05) is 17.7 Å². The van der Waals surface area contributed by atoms with Gasteiger partial charge < -0.3 is 20.3 Å². The molecule has 0 atom stereocenters. The van der Waals surface area contributed by atoms with Crippen LogP contribution >= 0.6 is 11.6 Å². The predicted molar refractivity (Wildman–Crippen MR) is 110 cm³/mol. The van der Waals surface area contributed by atoms with Gasteiger partial charge in [0.15, 0.2) is 0 Å². The lowest BCUT2D eigenvalue weighted by atomic mass is 10.1. The van der Waals surface area contributed by atoms with Crippen molar-refractivity contribution in [2.45, 2.75) is 25.8 Å². The third-order valence-electron chi connectivity index (χ3n) is 4.51. The molecule has 28 heavy (non-hydrogen) atoms. The van der Waals surface area contributed by atoms with E-state index in [2.05, 4.69) is 10.6 Å². The third-order valence-corrected chi connectivity index (χ3v) is 4.76. The van der Waals surface area contributed by atoms with E-state index in [9.17, 15) is 9.59 Å². The van der Waals surface area contributed by atoms with Gasteiger partial charge in [0.1, 0.15) is 12.4 Å². The molecular formula is C21H24ClN3O3. The summed E-state index contributed by atoms with van der Waals surface area (Å²) in [5, 5.41) is 6.46. The van der Waals surface area contributed by atoms with E-state index in [4.69, 9.17) is 16.3 Å². The fourth-order valence-electron chi connectivity index (χ4n) is 2.54. The maximum absolute atomic E-state index is 12.5. The number of rotatable bonds is 7. The minimum absolute atomic E-state index is 0.109. The zero-order chi connectivity index (χ0) is 20.1. The van der Waals surface area contributed by atoms with Crippen LogP contribution < -0.4 is 15.4 Å². The lowest BCUT2D eigenvalue weighted by molar-refractivity contribution is 0.0951. The second-order valence-corrected chi connectivity index (χ2v) is 7.37. The summed E-state index contributed by atoms with van der Waals surface area (Å²) in [6.07, 6.45) is 2.06. The van der Waals surface area contributed by atoms with Gasteiger partial charge in [0.2, 0.25) is 0 Å². The molecule has 2 aromatic carbocycles. The molecule has 0 saturated heterocycles. The van der Waals surface area contributed by atoms with Crippen LogP contribution in [-0.4, -0.2) is 43.1 Å². The molecule has 3 amide bonds. The number of ether oxygens (including phenoxy) is 1. The molecule has 3 rings (SSSR count). The van der Waals surface area contributed by atoms with Gasteiger partial charge in [-0.05, 0) is 61.7 Å². The third kappa shape index (κ3) is 5.63. The molecule has 1 saturated carbocycles. The standard InChI is InChI=1S/C21H24ClN3O3/c1-14-3-4-15(20(26)23-17-7-8-17)13-19(14)24-21(27)25(2)11-12-28-18-9-5-16(22)6-10-18/h3-6,9-10,13,17H,7-8,11-12H2,1-2H3,(H,23,26)(H,24,27). The first-order chi connectivity index (χ1) is 13.4. The Kier molecular flexibility index (Phi) is 6.41. The van der Waals surface area contributed by atoms with E-state index in [0.717, 1.165) is 18.4 Å². The molecular weight excluding hydrogens is 378 g/mol. The molecule has 0 unspecified atom stereocenters. The van der Waals surface area contributed by atoms with Crippen molar-refractivity contribution in [3.05, 3.63) is 58.6 Å². The SMILES string of the molecule is Cc1ccc(C(=O)NC2CC2)cc1NC(=O)N(C)CCOc1ccc(Cl)cc1. The van der Waals surface area contributed by atoms with Crippen molar-refractivity contribution >= 4 is 29.2 Å². The second-order valence-electron chi connectivity index (χ2n) is 6.93. The fourth-order valence-corrected chi connectivity index (χ4v) is 2.66. The summed E-state index contributed by atoms with van der Waals surface area (Å²) in [5.41, 5.74) is 2.06. The van der Waals surface area contributed by atoms with Crippen LogP contribution in [0.25, 0.3) is 0 Å². The number of hydrogen-bond acceptors (Lipinski definition) is 3. The number of urea groups is 1. The summed E-state index contributed by atoms with van der Waals surface area (Å²) < 4.78 is 5.62. The van der Waals surface area contributed by atoms with Crippen LogP contribution in [0.3, 0.4) is 0 Å². The Morgan fingerprint density at radius 2 is 1.89 bits per heavy atom. The van der Waals surface area contributed by atoms with Crippen molar-refractivity contribution in [3.63, 3.8) is 0 Å². The summed E-state index contributed by atoms with van der Waals surface area (Å²) >= 11 is 5.84. The Hall–Kier alpha value is -2.73. The van der Waals surface area contributed by atoms with Crippen molar-refractivity contribution in [2.24, 2.45) is 0 Å². The lowest BCUT2D eigenvalue weighted by Gasteiger charge is -2.19. The summed E-state index contributed by atoms with van der Waals surface area (Å²) in [7, 11) is 1.69. The largest absolute Gasteiger partial charge is 0.492 e. The van der Waals surface area contributed by atoms with Crippen molar-refractivity contribution in [2.75, 3.05) is 25.5 Å². The van der Waals surface area contributed by atoms with Crippen molar-refractivity contribution in [1.29, 1.82) is 0 Å². The average molecular weight is 402 g/mol. The van der Waals surface area contributed by atoms with Crippen LogP contribution in [0.2, 0.25) is 5.02 Å². The van der Waals surface area contributed by atoms with Gasteiger partial charge in [0, 0.05) is 29.4 Å². The number of anilines is 1.